The summed E-state index contributed by atoms with van der Waals surface area (Å²) in [5.41, 5.74) is 1.24. The van der Waals surface area contributed by atoms with Crippen LogP contribution in [0.25, 0.3) is 0 Å². The Hall–Kier alpha value is -1.65. The Morgan fingerprint density at radius 2 is 1.93 bits per heavy atom. The molecule has 0 aliphatic carbocycles. The van der Waals surface area contributed by atoms with Gasteiger partial charge in [0.25, 0.3) is 0 Å². The van der Waals surface area contributed by atoms with Gasteiger partial charge in [0.1, 0.15) is 5.75 Å². The largest absolute Gasteiger partial charge is 0.491 e. The van der Waals surface area contributed by atoms with Gasteiger partial charge < -0.3 is 10.1 Å². The lowest BCUT2D eigenvalue weighted by Crippen LogP contribution is -2.24. The van der Waals surface area contributed by atoms with E-state index in [0.29, 0.717) is 13.0 Å². The molecule has 0 unspecified atom stereocenters. The van der Waals surface area contributed by atoms with Gasteiger partial charge in [-0.25, -0.2) is 0 Å². The van der Waals surface area contributed by atoms with Crippen LogP contribution in [0.15, 0.2) is 53.4 Å². The predicted octanol–water partition coefficient (Wildman–Crippen LogP) is 5.75. The average Bonchev–Trinajstić information content (AvgIpc) is 2.64. The van der Waals surface area contributed by atoms with E-state index in [-0.39, 0.29) is 12.0 Å². The van der Waals surface area contributed by atoms with Crippen LogP contribution in [0.1, 0.15) is 38.7 Å². The summed E-state index contributed by atoms with van der Waals surface area (Å²) in [5, 5.41) is 3.76. The van der Waals surface area contributed by atoms with Crippen molar-refractivity contribution in [3.8, 4) is 5.75 Å². The maximum Gasteiger partial charge on any atom is 0.220 e. The number of hydrogen-bond acceptors (Lipinski definition) is 3. The molecule has 27 heavy (non-hydrogen) atoms. The minimum absolute atomic E-state index is 0.128. The zero-order valence-corrected chi connectivity index (χ0v) is 17.6. The molecular formula is C22H28ClNO2S. The number of ether oxygens (including phenoxy) is 1. The Morgan fingerprint density at radius 3 is 2.67 bits per heavy atom. The molecule has 0 saturated carbocycles. The summed E-state index contributed by atoms with van der Waals surface area (Å²) in [6.07, 6.45) is 3.47. The number of aryl methyl sites for hydroxylation is 1. The third-order valence-electron chi connectivity index (χ3n) is 3.87. The lowest BCUT2D eigenvalue weighted by molar-refractivity contribution is -0.121. The molecule has 0 spiro atoms. The van der Waals surface area contributed by atoms with Crippen LogP contribution in [0.3, 0.4) is 0 Å². The van der Waals surface area contributed by atoms with Crippen LogP contribution in [0, 0.1) is 0 Å². The van der Waals surface area contributed by atoms with Gasteiger partial charge in [-0.2, -0.15) is 0 Å². The van der Waals surface area contributed by atoms with E-state index in [9.17, 15) is 4.79 Å². The van der Waals surface area contributed by atoms with Gasteiger partial charge in [0.05, 0.1) is 6.10 Å². The minimum atomic E-state index is 0.128. The van der Waals surface area contributed by atoms with Crippen molar-refractivity contribution < 1.29 is 9.53 Å². The highest BCUT2D eigenvalue weighted by Gasteiger charge is 2.03. The van der Waals surface area contributed by atoms with Crippen LogP contribution in [-0.4, -0.2) is 24.3 Å². The van der Waals surface area contributed by atoms with Crippen molar-refractivity contribution in [1.29, 1.82) is 0 Å². The summed E-state index contributed by atoms with van der Waals surface area (Å²) in [5.74, 6) is 1.96. The molecule has 2 aromatic rings. The molecule has 0 heterocycles. The number of carbonyl (C=O) groups is 1. The number of thioether (sulfide) groups is 1. The molecule has 0 bridgehead atoms. The standard InChI is InChI=1S/C22H28ClNO2S/c1-17(2)26-20-8-3-6-18(16-20)7-4-14-24-22(25)9-5-15-27-21-12-10-19(23)11-13-21/h3,6,8,10-13,16-17H,4-5,7,9,14-15H2,1-2H3,(H,24,25). The third-order valence-corrected chi connectivity index (χ3v) is 5.22. The molecule has 1 N–H and O–H groups in total. The average molecular weight is 406 g/mol. The molecule has 0 saturated heterocycles. The first kappa shape index (κ1) is 21.6. The van der Waals surface area contributed by atoms with Crippen molar-refractivity contribution in [1.82, 2.24) is 5.32 Å². The molecule has 0 aliphatic rings. The predicted molar refractivity (Wildman–Crippen MR) is 115 cm³/mol. The zero-order chi connectivity index (χ0) is 19.5. The first-order chi connectivity index (χ1) is 13.0. The van der Waals surface area contributed by atoms with E-state index < -0.39 is 0 Å². The summed E-state index contributed by atoms with van der Waals surface area (Å²) in [6.45, 7) is 4.75. The van der Waals surface area contributed by atoms with Crippen LogP contribution >= 0.6 is 23.4 Å². The molecule has 0 radical (unpaired) electrons. The van der Waals surface area contributed by atoms with Gasteiger partial charge in [0.2, 0.25) is 5.91 Å². The quantitative estimate of drug-likeness (QED) is 0.382. The van der Waals surface area contributed by atoms with Gasteiger partial charge in [-0.15, -0.1) is 11.8 Å². The highest BCUT2D eigenvalue weighted by Crippen LogP contribution is 2.21. The Bertz CT molecular complexity index is 704. The fraction of sp³-hybridized carbons (Fsp3) is 0.409. The summed E-state index contributed by atoms with van der Waals surface area (Å²) < 4.78 is 5.71. The monoisotopic (exact) mass is 405 g/mol. The van der Waals surface area contributed by atoms with Crippen molar-refractivity contribution in [2.75, 3.05) is 12.3 Å². The second-order valence-corrected chi connectivity index (χ2v) is 8.28. The molecule has 0 fully saturated rings. The van der Waals surface area contributed by atoms with Gasteiger partial charge in [-0.05, 0) is 80.8 Å². The third kappa shape index (κ3) is 9.21. The van der Waals surface area contributed by atoms with Crippen molar-refractivity contribution in [3.63, 3.8) is 0 Å². The summed E-state index contributed by atoms with van der Waals surface area (Å²) in [7, 11) is 0. The number of halogens is 1. The second-order valence-electron chi connectivity index (χ2n) is 6.67. The van der Waals surface area contributed by atoms with Crippen molar-refractivity contribution >= 4 is 29.3 Å². The topological polar surface area (TPSA) is 38.3 Å². The highest BCUT2D eigenvalue weighted by atomic mass is 35.5. The molecule has 1 amide bonds. The molecule has 0 aromatic heterocycles. The van der Waals surface area contributed by atoms with Crippen LogP contribution in [-0.2, 0) is 11.2 Å². The van der Waals surface area contributed by atoms with E-state index in [4.69, 9.17) is 16.3 Å². The van der Waals surface area contributed by atoms with Crippen LogP contribution in [0.4, 0.5) is 0 Å². The minimum Gasteiger partial charge on any atom is -0.491 e. The van der Waals surface area contributed by atoms with E-state index in [0.717, 1.165) is 35.8 Å². The molecule has 5 heteroatoms. The maximum atomic E-state index is 11.9. The van der Waals surface area contributed by atoms with E-state index in [1.807, 2.05) is 50.2 Å². The Morgan fingerprint density at radius 1 is 1.15 bits per heavy atom. The van der Waals surface area contributed by atoms with Crippen molar-refractivity contribution in [3.05, 3.63) is 59.1 Å². The van der Waals surface area contributed by atoms with Gasteiger partial charge >= 0.3 is 0 Å². The lowest BCUT2D eigenvalue weighted by atomic mass is 10.1. The fourth-order valence-electron chi connectivity index (χ4n) is 2.61. The number of carbonyl (C=O) groups excluding carboxylic acids is 1. The van der Waals surface area contributed by atoms with Crippen molar-refractivity contribution in [2.45, 2.75) is 50.5 Å². The first-order valence-electron chi connectivity index (χ1n) is 9.43. The normalized spacial score (nSPS) is 10.8. The highest BCUT2D eigenvalue weighted by molar-refractivity contribution is 7.99. The molecule has 0 atom stereocenters. The molecule has 3 nitrogen and oxygen atoms in total. The van der Waals surface area contributed by atoms with E-state index in [2.05, 4.69) is 17.4 Å². The molecule has 146 valence electrons. The molecule has 0 aliphatic heterocycles. The Kier molecular flexibility index (Phi) is 9.57. The Labute approximate surface area is 171 Å². The van der Waals surface area contributed by atoms with Gasteiger partial charge in [-0.3, -0.25) is 4.79 Å². The van der Waals surface area contributed by atoms with Crippen LogP contribution in [0.2, 0.25) is 5.02 Å². The fourth-order valence-corrected chi connectivity index (χ4v) is 3.59. The number of nitrogens with one attached hydrogen (secondary N) is 1. The van der Waals surface area contributed by atoms with Gasteiger partial charge in [-0.1, -0.05) is 23.7 Å². The SMILES string of the molecule is CC(C)Oc1cccc(CCCNC(=O)CCCSc2ccc(Cl)cc2)c1. The molecule has 2 aromatic carbocycles. The van der Waals surface area contributed by atoms with E-state index >= 15 is 0 Å². The summed E-state index contributed by atoms with van der Waals surface area (Å²) in [6, 6.07) is 16.0. The number of benzene rings is 2. The smallest absolute Gasteiger partial charge is 0.220 e. The number of hydrogen-bond donors (Lipinski definition) is 1. The zero-order valence-electron chi connectivity index (χ0n) is 16.0. The lowest BCUT2D eigenvalue weighted by Gasteiger charge is -2.11. The molecular weight excluding hydrogens is 378 g/mol. The second kappa shape index (κ2) is 11.9. The molecule has 2 rings (SSSR count). The number of rotatable bonds is 11. The van der Waals surface area contributed by atoms with Crippen molar-refractivity contribution in [2.24, 2.45) is 0 Å². The maximum absolute atomic E-state index is 11.9. The van der Waals surface area contributed by atoms with E-state index in [1.54, 1.807) is 11.8 Å². The van der Waals surface area contributed by atoms with Gasteiger partial charge in [0.15, 0.2) is 0 Å². The van der Waals surface area contributed by atoms with Crippen LogP contribution in [0.5, 0.6) is 5.75 Å². The van der Waals surface area contributed by atoms with Crippen LogP contribution < -0.4 is 10.1 Å². The van der Waals surface area contributed by atoms with Gasteiger partial charge in [0, 0.05) is 22.9 Å². The summed E-state index contributed by atoms with van der Waals surface area (Å²) >= 11 is 7.62. The van der Waals surface area contributed by atoms with E-state index in [1.165, 1.54) is 10.5 Å². The summed E-state index contributed by atoms with van der Waals surface area (Å²) in [4.78, 5) is 13.1. The Balaban J connectivity index is 1.56. The first-order valence-corrected chi connectivity index (χ1v) is 10.8. The number of amides is 1.